The van der Waals surface area contributed by atoms with E-state index in [1.54, 1.807) is 0 Å². The van der Waals surface area contributed by atoms with Crippen molar-refractivity contribution < 1.29 is 19.1 Å². The summed E-state index contributed by atoms with van der Waals surface area (Å²) in [4.78, 5) is 24.3. The first-order valence-corrected chi connectivity index (χ1v) is 8.37. The lowest BCUT2D eigenvalue weighted by atomic mass is 9.94. The number of hydrogen-bond donors (Lipinski definition) is 0. The molecule has 0 saturated carbocycles. The molecule has 1 aromatic carbocycles. The Balaban J connectivity index is 2.77. The van der Waals surface area contributed by atoms with Gasteiger partial charge >= 0.3 is 11.9 Å². The Bertz CT molecular complexity index is 585. The fraction of sp³-hybridized carbons (Fsp3) is 0.500. The Kier molecular flexibility index (Phi) is 7.65. The van der Waals surface area contributed by atoms with Crippen LogP contribution in [0.25, 0.3) is 0 Å². The maximum absolute atomic E-state index is 12.3. The minimum absolute atomic E-state index is 0.000949. The highest BCUT2D eigenvalue weighted by Gasteiger charge is 2.40. The molecule has 23 heavy (non-hydrogen) atoms. The van der Waals surface area contributed by atoms with E-state index in [2.05, 4.69) is 0 Å². The van der Waals surface area contributed by atoms with Gasteiger partial charge in [0.1, 0.15) is 5.02 Å². The third-order valence-corrected chi connectivity index (χ3v) is 4.17. The average Bonchev–Trinajstić information content (AvgIpc) is 2.48. The third kappa shape index (κ3) is 5.55. The number of esters is 2. The van der Waals surface area contributed by atoms with E-state index in [1.165, 1.54) is 26.0 Å². The van der Waals surface area contributed by atoms with Gasteiger partial charge in [-0.1, -0.05) is 54.6 Å². The van der Waals surface area contributed by atoms with Gasteiger partial charge in [-0.15, -0.1) is 0 Å². The molecule has 1 rings (SSSR count). The number of halogens is 3. The van der Waals surface area contributed by atoms with Gasteiger partial charge in [0.05, 0.1) is 11.6 Å². The predicted octanol–water partition coefficient (Wildman–Crippen LogP) is 5.31. The molecular formula is C16H19Cl3O4. The maximum Gasteiger partial charge on any atom is 0.328 e. The molecule has 4 nitrogen and oxygen atoms in total. The second-order valence-corrected chi connectivity index (χ2v) is 6.78. The lowest BCUT2D eigenvalue weighted by Gasteiger charge is -2.21. The quantitative estimate of drug-likeness (QED) is 0.211. The van der Waals surface area contributed by atoms with E-state index in [9.17, 15) is 9.59 Å². The lowest BCUT2D eigenvalue weighted by Crippen LogP contribution is -2.38. The number of rotatable bonds is 7. The maximum atomic E-state index is 12.3. The summed E-state index contributed by atoms with van der Waals surface area (Å²) < 4.78 is 10.3. The van der Waals surface area contributed by atoms with E-state index in [1.807, 2.05) is 6.92 Å². The molecule has 0 radical (unpaired) electrons. The van der Waals surface area contributed by atoms with Gasteiger partial charge in [0, 0.05) is 11.1 Å². The molecule has 1 aromatic rings. The van der Waals surface area contributed by atoms with Crippen molar-refractivity contribution in [3.8, 4) is 5.75 Å². The molecule has 0 fully saturated rings. The van der Waals surface area contributed by atoms with Crippen molar-refractivity contribution in [3.05, 3.63) is 27.2 Å². The van der Waals surface area contributed by atoms with Crippen LogP contribution in [-0.2, 0) is 14.3 Å². The van der Waals surface area contributed by atoms with Gasteiger partial charge in [0.2, 0.25) is 0 Å². The molecule has 0 amide bonds. The summed E-state index contributed by atoms with van der Waals surface area (Å²) >= 11 is 17.7. The Hall–Kier alpha value is -0.970. The van der Waals surface area contributed by atoms with Crippen LogP contribution in [-0.4, -0.2) is 18.5 Å². The van der Waals surface area contributed by atoms with E-state index in [-0.39, 0.29) is 27.4 Å². The fourth-order valence-corrected chi connectivity index (χ4v) is 2.24. The monoisotopic (exact) mass is 380 g/mol. The molecule has 7 heteroatoms. The Morgan fingerprint density at radius 2 is 1.74 bits per heavy atom. The van der Waals surface area contributed by atoms with E-state index in [4.69, 9.17) is 44.3 Å². The van der Waals surface area contributed by atoms with Crippen molar-refractivity contribution in [2.45, 2.75) is 40.0 Å². The van der Waals surface area contributed by atoms with E-state index >= 15 is 0 Å². The van der Waals surface area contributed by atoms with Gasteiger partial charge in [-0.05, 0) is 26.3 Å². The van der Waals surface area contributed by atoms with Crippen LogP contribution in [0, 0.1) is 5.41 Å². The topological polar surface area (TPSA) is 52.6 Å². The summed E-state index contributed by atoms with van der Waals surface area (Å²) in [5, 5.41) is 0.473. The molecular weight excluding hydrogens is 363 g/mol. The molecule has 128 valence electrons. The number of unbranched alkanes of at least 4 members (excludes halogenated alkanes) is 2. The summed E-state index contributed by atoms with van der Waals surface area (Å²) in [5.41, 5.74) is -1.47. The zero-order valence-electron chi connectivity index (χ0n) is 13.3. The third-order valence-electron chi connectivity index (χ3n) is 3.16. The number of benzene rings is 1. The summed E-state index contributed by atoms with van der Waals surface area (Å²) in [6.45, 7) is 5.17. The van der Waals surface area contributed by atoms with Gasteiger partial charge < -0.3 is 9.47 Å². The Morgan fingerprint density at radius 3 is 2.35 bits per heavy atom. The van der Waals surface area contributed by atoms with Crippen LogP contribution >= 0.6 is 34.8 Å². The number of carbonyl (C=O) groups is 2. The molecule has 0 aliphatic rings. The van der Waals surface area contributed by atoms with Crippen LogP contribution in [0.5, 0.6) is 5.75 Å². The van der Waals surface area contributed by atoms with Crippen LogP contribution in [0.15, 0.2) is 12.1 Å². The first kappa shape index (κ1) is 20.1. The zero-order valence-corrected chi connectivity index (χ0v) is 15.5. The van der Waals surface area contributed by atoms with Crippen LogP contribution in [0.4, 0.5) is 0 Å². The fourth-order valence-electron chi connectivity index (χ4n) is 1.61. The Labute approximate surface area is 151 Å². The zero-order chi connectivity index (χ0) is 17.6. The first-order chi connectivity index (χ1) is 10.7. The normalized spacial score (nSPS) is 11.2. The molecule has 0 aromatic heterocycles. The molecule has 0 spiro atoms. The van der Waals surface area contributed by atoms with Gasteiger partial charge in [-0.3, -0.25) is 9.59 Å². The van der Waals surface area contributed by atoms with E-state index in [0.29, 0.717) is 0 Å². The molecule has 0 saturated heterocycles. The van der Waals surface area contributed by atoms with Crippen molar-refractivity contribution >= 4 is 46.7 Å². The molecule has 0 atom stereocenters. The van der Waals surface area contributed by atoms with Gasteiger partial charge in [-0.2, -0.15) is 0 Å². The number of hydrogen-bond acceptors (Lipinski definition) is 4. The van der Waals surface area contributed by atoms with Crippen LogP contribution < -0.4 is 4.74 Å². The highest BCUT2D eigenvalue weighted by atomic mass is 35.5. The largest absolute Gasteiger partial charge is 0.465 e. The molecule has 0 aliphatic heterocycles. The number of ether oxygens (including phenoxy) is 2. The highest BCUT2D eigenvalue weighted by Crippen LogP contribution is 2.36. The van der Waals surface area contributed by atoms with E-state index in [0.717, 1.165) is 19.3 Å². The van der Waals surface area contributed by atoms with Crippen molar-refractivity contribution in [1.29, 1.82) is 0 Å². The molecule has 0 heterocycles. The summed E-state index contributed by atoms with van der Waals surface area (Å²) in [6, 6.07) is 2.78. The first-order valence-electron chi connectivity index (χ1n) is 7.24. The van der Waals surface area contributed by atoms with Crippen LogP contribution in [0.3, 0.4) is 0 Å². The summed E-state index contributed by atoms with van der Waals surface area (Å²) in [7, 11) is 0. The van der Waals surface area contributed by atoms with Crippen molar-refractivity contribution in [2.24, 2.45) is 5.41 Å². The second-order valence-electron chi connectivity index (χ2n) is 5.56. The average molecular weight is 382 g/mol. The standard InChI is InChI=1S/C16H19Cl3O4/c1-4-5-6-7-22-14(20)16(2,3)15(21)23-12-9-10(17)8-11(18)13(12)19/h8-9H,4-7H2,1-3H3. The minimum atomic E-state index is -1.47. The van der Waals surface area contributed by atoms with Gasteiger partial charge in [0.25, 0.3) is 0 Å². The SMILES string of the molecule is CCCCCOC(=O)C(C)(C)C(=O)Oc1cc(Cl)cc(Cl)c1Cl. The highest BCUT2D eigenvalue weighted by molar-refractivity contribution is 6.44. The molecule has 0 unspecified atom stereocenters. The Morgan fingerprint density at radius 1 is 1.09 bits per heavy atom. The molecule has 0 aliphatic carbocycles. The van der Waals surface area contributed by atoms with Crippen molar-refractivity contribution in [2.75, 3.05) is 6.61 Å². The van der Waals surface area contributed by atoms with Gasteiger partial charge in [-0.25, -0.2) is 0 Å². The second kappa shape index (κ2) is 8.76. The van der Waals surface area contributed by atoms with E-state index < -0.39 is 17.4 Å². The van der Waals surface area contributed by atoms with Crippen LogP contribution in [0.1, 0.15) is 40.0 Å². The summed E-state index contributed by atoms with van der Waals surface area (Å²) in [6.07, 6.45) is 2.72. The van der Waals surface area contributed by atoms with Crippen molar-refractivity contribution in [3.63, 3.8) is 0 Å². The minimum Gasteiger partial charge on any atom is -0.465 e. The predicted molar refractivity (Wildman–Crippen MR) is 91.4 cm³/mol. The van der Waals surface area contributed by atoms with Crippen molar-refractivity contribution in [1.82, 2.24) is 0 Å². The lowest BCUT2D eigenvalue weighted by molar-refractivity contribution is -0.164. The van der Waals surface area contributed by atoms with Crippen LogP contribution in [0.2, 0.25) is 15.1 Å². The molecule has 0 bridgehead atoms. The number of carbonyl (C=O) groups excluding carboxylic acids is 2. The smallest absolute Gasteiger partial charge is 0.328 e. The van der Waals surface area contributed by atoms with Gasteiger partial charge in [0.15, 0.2) is 11.2 Å². The molecule has 0 N–H and O–H groups in total. The summed E-state index contributed by atoms with van der Waals surface area (Å²) in [5.74, 6) is -1.44.